The van der Waals surface area contributed by atoms with Crippen molar-refractivity contribution >= 4 is 34.7 Å². The Kier molecular flexibility index (Phi) is 17.0. The molecule has 4 aromatic rings. The Morgan fingerprint density at radius 2 is 0.611 bits per heavy atom. The van der Waals surface area contributed by atoms with Gasteiger partial charge in [0.05, 0.1) is 0 Å². The SMILES string of the molecule is [Al+3].[Al+3].[CH3-].[CH3-].[CH3-].[CH3-].c1ccc(C2[N-]C(c3ccccn3)C(c3ccccn3)[N-]C2c2ccccn2)nc1. The maximum Gasteiger partial charge on any atom is 3.00 e. The van der Waals surface area contributed by atoms with E-state index >= 15 is 0 Å². The van der Waals surface area contributed by atoms with Gasteiger partial charge in [-0.3, -0.25) is 19.9 Å². The van der Waals surface area contributed by atoms with E-state index in [0.29, 0.717) is 0 Å². The van der Waals surface area contributed by atoms with Gasteiger partial charge in [0.1, 0.15) is 0 Å². The molecule has 1 fully saturated rings. The minimum absolute atomic E-state index is 0. The van der Waals surface area contributed by atoms with Crippen LogP contribution in [-0.2, 0) is 0 Å². The summed E-state index contributed by atoms with van der Waals surface area (Å²) in [6.45, 7) is 0. The second kappa shape index (κ2) is 17.1. The van der Waals surface area contributed by atoms with Crippen LogP contribution in [0.25, 0.3) is 10.6 Å². The van der Waals surface area contributed by atoms with E-state index in [4.69, 9.17) is 10.6 Å². The molecule has 1 aliphatic rings. The summed E-state index contributed by atoms with van der Waals surface area (Å²) in [7, 11) is 0. The van der Waals surface area contributed by atoms with Crippen LogP contribution < -0.4 is 0 Å². The van der Waals surface area contributed by atoms with Crippen LogP contribution in [-0.4, -0.2) is 54.7 Å². The van der Waals surface area contributed by atoms with Crippen molar-refractivity contribution in [1.29, 1.82) is 0 Å². The molecule has 0 amide bonds. The first kappa shape index (κ1) is 35.7. The summed E-state index contributed by atoms with van der Waals surface area (Å²) in [6, 6.07) is 22.5. The largest absolute Gasteiger partial charge is 3.00 e. The molecule has 0 aromatic carbocycles. The average Bonchev–Trinajstić information content (AvgIpc) is 2.85. The molecule has 180 valence electrons. The van der Waals surface area contributed by atoms with E-state index in [1.165, 1.54) is 0 Å². The van der Waals surface area contributed by atoms with E-state index in [1.54, 1.807) is 24.8 Å². The maximum atomic E-state index is 5.24. The molecule has 4 aromatic heterocycles. The van der Waals surface area contributed by atoms with Crippen molar-refractivity contribution in [2.45, 2.75) is 24.2 Å². The van der Waals surface area contributed by atoms with E-state index in [1.807, 2.05) is 72.8 Å². The molecule has 6 nitrogen and oxygen atoms in total. The van der Waals surface area contributed by atoms with Gasteiger partial charge < -0.3 is 40.3 Å². The second-order valence-corrected chi connectivity index (χ2v) is 7.10. The molecule has 0 spiro atoms. The molecular formula is C28H32Al2N6. The van der Waals surface area contributed by atoms with E-state index in [0.717, 1.165) is 22.8 Å². The van der Waals surface area contributed by atoms with Crippen LogP contribution in [0.2, 0.25) is 0 Å². The molecule has 5 rings (SSSR count). The normalized spacial score (nSPS) is 19.8. The van der Waals surface area contributed by atoms with Gasteiger partial charge >= 0.3 is 34.7 Å². The van der Waals surface area contributed by atoms with Crippen molar-refractivity contribution in [3.8, 4) is 0 Å². The number of hydrogen-bond donors (Lipinski definition) is 0. The van der Waals surface area contributed by atoms with Crippen LogP contribution >= 0.6 is 0 Å². The first-order chi connectivity index (χ1) is 14.9. The van der Waals surface area contributed by atoms with E-state index in [9.17, 15) is 0 Å². The van der Waals surface area contributed by atoms with Gasteiger partial charge in [0.2, 0.25) is 0 Å². The van der Waals surface area contributed by atoms with Crippen molar-refractivity contribution in [2.75, 3.05) is 0 Å². The smallest absolute Gasteiger partial charge is 0.648 e. The molecule has 0 bridgehead atoms. The summed E-state index contributed by atoms with van der Waals surface area (Å²) in [6.07, 6.45) is 7.17. The Morgan fingerprint density at radius 3 is 0.778 bits per heavy atom. The Balaban J connectivity index is 0. The summed E-state index contributed by atoms with van der Waals surface area (Å²) < 4.78 is 0. The Bertz CT molecular complexity index is 896. The number of hydrogen-bond acceptors (Lipinski definition) is 4. The van der Waals surface area contributed by atoms with E-state index < -0.39 is 0 Å². The van der Waals surface area contributed by atoms with Crippen molar-refractivity contribution in [1.82, 2.24) is 19.9 Å². The molecule has 0 saturated carbocycles. The third-order valence-corrected chi connectivity index (χ3v) is 5.20. The van der Waals surface area contributed by atoms with Crippen LogP contribution in [0.5, 0.6) is 0 Å². The fourth-order valence-corrected chi connectivity index (χ4v) is 3.83. The maximum absolute atomic E-state index is 5.24. The first-order valence-electron chi connectivity index (χ1n) is 9.94. The zero-order valence-electron chi connectivity index (χ0n) is 21.4. The van der Waals surface area contributed by atoms with Crippen molar-refractivity contribution < 1.29 is 0 Å². The fraction of sp³-hybridized carbons (Fsp3) is 0.143. The minimum atomic E-state index is -0.256. The van der Waals surface area contributed by atoms with Crippen LogP contribution in [0.1, 0.15) is 46.9 Å². The first-order valence-corrected chi connectivity index (χ1v) is 9.94. The molecule has 8 heteroatoms. The van der Waals surface area contributed by atoms with Crippen molar-refractivity contribution in [3.05, 3.63) is 161 Å². The molecule has 0 N–H and O–H groups in total. The van der Waals surface area contributed by atoms with Crippen LogP contribution in [0.15, 0.2) is 97.6 Å². The van der Waals surface area contributed by atoms with Crippen LogP contribution in [0, 0.1) is 29.7 Å². The Hall–Kier alpha value is -2.42. The van der Waals surface area contributed by atoms with Gasteiger partial charge in [-0.2, -0.15) is 0 Å². The molecule has 36 heavy (non-hydrogen) atoms. The molecule has 1 saturated heterocycles. The van der Waals surface area contributed by atoms with Crippen molar-refractivity contribution in [3.63, 3.8) is 0 Å². The zero-order valence-corrected chi connectivity index (χ0v) is 23.7. The number of piperazine rings is 1. The summed E-state index contributed by atoms with van der Waals surface area (Å²) in [5.74, 6) is 0. The average molecular weight is 507 g/mol. The van der Waals surface area contributed by atoms with Gasteiger partial charge in [0.25, 0.3) is 0 Å². The summed E-state index contributed by atoms with van der Waals surface area (Å²) in [5.41, 5.74) is 3.49. The number of pyridine rings is 4. The number of nitrogens with zero attached hydrogens (tertiary/aromatic N) is 6. The van der Waals surface area contributed by atoms with Gasteiger partial charge in [-0.15, -0.1) is 24.2 Å². The standard InChI is InChI=1S/C24H20N6.4CH3.2Al/c1-5-13-25-17(9-1)21-22(18-10-2-6-14-26-18)30-24(20-12-4-8-16-28-20)23(29-21)19-11-3-7-15-27-19;;;;;;/h1-16,21-24H;4*1H3;;/q-2;4*-1;2*+3. The van der Waals surface area contributed by atoms with Crippen LogP contribution in [0.3, 0.4) is 0 Å². The van der Waals surface area contributed by atoms with Gasteiger partial charge in [0.15, 0.2) is 0 Å². The van der Waals surface area contributed by atoms with Gasteiger partial charge in [-0.1, -0.05) is 24.3 Å². The predicted octanol–water partition coefficient (Wildman–Crippen LogP) is 6.33. The molecular weight excluding hydrogens is 474 g/mol. The fourth-order valence-electron chi connectivity index (χ4n) is 3.83. The Morgan fingerprint density at radius 1 is 0.389 bits per heavy atom. The zero-order chi connectivity index (χ0) is 20.2. The predicted molar refractivity (Wildman–Crippen MR) is 152 cm³/mol. The van der Waals surface area contributed by atoms with Gasteiger partial charge in [-0.25, -0.2) is 0 Å². The van der Waals surface area contributed by atoms with Crippen LogP contribution in [0.4, 0.5) is 0 Å². The summed E-state index contributed by atoms with van der Waals surface area (Å²) in [4.78, 5) is 18.3. The quantitative estimate of drug-likeness (QED) is 0.239. The summed E-state index contributed by atoms with van der Waals surface area (Å²) >= 11 is 0. The number of rotatable bonds is 4. The van der Waals surface area contributed by atoms with E-state index in [2.05, 4.69) is 19.9 Å². The topological polar surface area (TPSA) is 79.8 Å². The van der Waals surface area contributed by atoms with Crippen molar-refractivity contribution in [2.24, 2.45) is 0 Å². The monoisotopic (exact) mass is 506 g/mol. The van der Waals surface area contributed by atoms with Gasteiger partial charge in [0, 0.05) is 47.6 Å². The third-order valence-electron chi connectivity index (χ3n) is 5.20. The molecule has 0 aliphatic carbocycles. The number of aromatic nitrogens is 4. The van der Waals surface area contributed by atoms with Gasteiger partial charge in [-0.05, 0) is 48.5 Å². The molecule has 1 aliphatic heterocycles. The van der Waals surface area contributed by atoms with E-state index in [-0.39, 0.29) is 88.6 Å². The Labute approximate surface area is 238 Å². The molecule has 0 radical (unpaired) electrons. The summed E-state index contributed by atoms with van der Waals surface area (Å²) in [5, 5.41) is 10.5. The minimum Gasteiger partial charge on any atom is -0.648 e. The molecule has 5 heterocycles. The molecule has 4 unspecified atom stereocenters. The second-order valence-electron chi connectivity index (χ2n) is 7.10. The molecule has 4 atom stereocenters. The third kappa shape index (κ3) is 7.79.